The van der Waals surface area contributed by atoms with Crippen LogP contribution in [0.2, 0.25) is 5.02 Å². The van der Waals surface area contributed by atoms with Gasteiger partial charge in [-0.25, -0.2) is 0 Å². The Morgan fingerprint density at radius 2 is 1.81 bits per heavy atom. The molecule has 2 aromatic rings. The van der Waals surface area contributed by atoms with E-state index in [2.05, 4.69) is 5.43 Å². The van der Waals surface area contributed by atoms with Crippen LogP contribution in [0.4, 0.5) is 0 Å². The van der Waals surface area contributed by atoms with Crippen LogP contribution in [-0.2, 0) is 4.79 Å². The summed E-state index contributed by atoms with van der Waals surface area (Å²) in [5.74, 6) is -0.860. The average Bonchev–Trinajstić information content (AvgIpc) is 2.90. The molecule has 2 amide bonds. The van der Waals surface area contributed by atoms with Gasteiger partial charge in [0, 0.05) is 0 Å². The second-order valence-electron chi connectivity index (χ2n) is 5.74. The van der Waals surface area contributed by atoms with Gasteiger partial charge in [-0.1, -0.05) is 71.9 Å². The third kappa shape index (κ3) is 4.66. The van der Waals surface area contributed by atoms with E-state index in [1.807, 2.05) is 43.3 Å². The fraction of sp³-hybridized carbons (Fsp3) is 0.0500. The highest BCUT2D eigenvalue weighted by Crippen LogP contribution is 2.31. The highest BCUT2D eigenvalue weighted by Gasteiger charge is 2.34. The molecule has 136 valence electrons. The van der Waals surface area contributed by atoms with Gasteiger partial charge < -0.3 is 0 Å². The molecule has 0 saturated carbocycles. The van der Waals surface area contributed by atoms with Crippen molar-refractivity contribution in [1.82, 2.24) is 10.4 Å². The average molecular weight is 415 g/mol. The molecule has 0 radical (unpaired) electrons. The van der Waals surface area contributed by atoms with E-state index in [1.54, 1.807) is 30.3 Å². The van der Waals surface area contributed by atoms with Gasteiger partial charge in [0.2, 0.25) is 0 Å². The van der Waals surface area contributed by atoms with E-state index in [9.17, 15) is 9.59 Å². The summed E-state index contributed by atoms with van der Waals surface area (Å²) in [5, 5.41) is 1.38. The number of thioether (sulfide) groups is 1. The Kier molecular flexibility index (Phi) is 6.11. The summed E-state index contributed by atoms with van der Waals surface area (Å²) in [7, 11) is 0. The molecule has 1 aliphatic rings. The molecule has 0 aliphatic carbocycles. The third-order valence-corrected chi connectivity index (χ3v) is 5.31. The number of carbonyl (C=O) groups excluding carboxylic acids is 2. The number of nitrogens with zero attached hydrogens (tertiary/aromatic N) is 1. The summed E-state index contributed by atoms with van der Waals surface area (Å²) in [4.78, 5) is 25.5. The minimum Gasteiger partial charge on any atom is -0.267 e. The van der Waals surface area contributed by atoms with Gasteiger partial charge in [0.1, 0.15) is 0 Å². The number of hydrogen-bond donors (Lipinski definition) is 1. The molecular weight excluding hydrogens is 400 g/mol. The van der Waals surface area contributed by atoms with Gasteiger partial charge in [-0.3, -0.25) is 15.0 Å². The van der Waals surface area contributed by atoms with Crippen LogP contribution < -0.4 is 5.43 Å². The first-order chi connectivity index (χ1) is 13.0. The zero-order valence-corrected chi connectivity index (χ0v) is 16.7. The monoisotopic (exact) mass is 414 g/mol. The Bertz CT molecular complexity index is 971. The maximum atomic E-state index is 12.6. The van der Waals surface area contributed by atoms with Crippen molar-refractivity contribution in [2.75, 3.05) is 0 Å². The molecule has 0 bridgehead atoms. The molecule has 1 aliphatic heterocycles. The SMILES string of the molecule is CC(/C=C1\SC(=S)N(NC(=O)c2ccccc2Cl)C1=O)=C\c1ccccc1. The zero-order valence-electron chi connectivity index (χ0n) is 14.3. The number of nitrogens with one attached hydrogen (secondary N) is 1. The largest absolute Gasteiger partial charge is 0.285 e. The first-order valence-corrected chi connectivity index (χ1v) is 9.63. The summed E-state index contributed by atoms with van der Waals surface area (Å²) in [6.45, 7) is 1.90. The van der Waals surface area contributed by atoms with Gasteiger partial charge in [0.25, 0.3) is 11.8 Å². The Morgan fingerprint density at radius 3 is 2.52 bits per heavy atom. The lowest BCUT2D eigenvalue weighted by molar-refractivity contribution is -0.123. The smallest absolute Gasteiger partial charge is 0.267 e. The van der Waals surface area contributed by atoms with Crippen molar-refractivity contribution in [3.63, 3.8) is 0 Å². The van der Waals surface area contributed by atoms with Crippen molar-refractivity contribution in [1.29, 1.82) is 0 Å². The minimum absolute atomic E-state index is 0.263. The summed E-state index contributed by atoms with van der Waals surface area (Å²) >= 11 is 12.4. The van der Waals surface area contributed by atoms with E-state index in [0.29, 0.717) is 9.93 Å². The lowest BCUT2D eigenvalue weighted by Crippen LogP contribution is -2.44. The van der Waals surface area contributed by atoms with Crippen molar-refractivity contribution in [2.24, 2.45) is 0 Å². The number of hydrazine groups is 1. The molecule has 3 rings (SSSR count). The Balaban J connectivity index is 1.76. The van der Waals surface area contributed by atoms with Crippen molar-refractivity contribution in [2.45, 2.75) is 6.92 Å². The number of amides is 2. The molecule has 2 aromatic carbocycles. The van der Waals surface area contributed by atoms with Crippen molar-refractivity contribution < 1.29 is 9.59 Å². The fourth-order valence-corrected chi connectivity index (χ4v) is 3.88. The highest BCUT2D eigenvalue weighted by molar-refractivity contribution is 8.26. The first-order valence-electron chi connectivity index (χ1n) is 8.02. The maximum Gasteiger partial charge on any atom is 0.285 e. The summed E-state index contributed by atoms with van der Waals surface area (Å²) in [6, 6.07) is 16.4. The van der Waals surface area contributed by atoms with E-state index in [-0.39, 0.29) is 15.8 Å². The molecule has 1 fully saturated rings. The van der Waals surface area contributed by atoms with Crippen molar-refractivity contribution in [3.8, 4) is 0 Å². The molecule has 27 heavy (non-hydrogen) atoms. The number of halogens is 1. The molecule has 7 heteroatoms. The minimum atomic E-state index is -0.491. The van der Waals surface area contributed by atoms with E-state index in [4.69, 9.17) is 23.8 Å². The van der Waals surface area contributed by atoms with Gasteiger partial charge >= 0.3 is 0 Å². The van der Waals surface area contributed by atoms with Crippen LogP contribution in [0.1, 0.15) is 22.8 Å². The lowest BCUT2D eigenvalue weighted by atomic mass is 10.1. The summed E-state index contributed by atoms with van der Waals surface area (Å²) in [6.07, 6.45) is 3.73. The normalized spacial score (nSPS) is 16.1. The topological polar surface area (TPSA) is 49.4 Å². The van der Waals surface area contributed by atoms with Crippen LogP contribution in [0.25, 0.3) is 6.08 Å². The predicted octanol–water partition coefficient (Wildman–Crippen LogP) is 4.83. The molecule has 1 heterocycles. The number of benzene rings is 2. The van der Waals surface area contributed by atoms with Crippen LogP contribution in [-0.4, -0.2) is 21.1 Å². The molecule has 1 saturated heterocycles. The van der Waals surface area contributed by atoms with E-state index in [1.165, 1.54) is 0 Å². The molecule has 0 unspecified atom stereocenters. The Morgan fingerprint density at radius 1 is 1.15 bits per heavy atom. The molecule has 0 atom stereocenters. The zero-order chi connectivity index (χ0) is 19.4. The molecule has 4 nitrogen and oxygen atoms in total. The molecular formula is C20H15ClN2O2S2. The Labute approximate surface area is 171 Å². The number of rotatable bonds is 4. The van der Waals surface area contributed by atoms with Gasteiger partial charge in [-0.2, -0.15) is 5.01 Å². The number of carbonyl (C=O) groups is 2. The summed E-state index contributed by atoms with van der Waals surface area (Å²) in [5.41, 5.74) is 4.74. The van der Waals surface area contributed by atoms with Gasteiger partial charge in [0.05, 0.1) is 15.5 Å². The maximum absolute atomic E-state index is 12.6. The van der Waals surface area contributed by atoms with Gasteiger partial charge in [-0.15, -0.1) is 0 Å². The van der Waals surface area contributed by atoms with Crippen LogP contribution in [0.3, 0.4) is 0 Å². The second-order valence-corrected chi connectivity index (χ2v) is 7.82. The van der Waals surface area contributed by atoms with Crippen molar-refractivity contribution in [3.05, 3.63) is 87.3 Å². The van der Waals surface area contributed by atoms with Crippen LogP contribution in [0, 0.1) is 0 Å². The van der Waals surface area contributed by atoms with E-state index >= 15 is 0 Å². The lowest BCUT2D eigenvalue weighted by Gasteiger charge is -2.16. The second kappa shape index (κ2) is 8.52. The molecule has 1 N–H and O–H groups in total. The number of thiocarbonyl (C=S) groups is 1. The van der Waals surface area contributed by atoms with Gasteiger partial charge in [0.15, 0.2) is 4.32 Å². The van der Waals surface area contributed by atoms with Crippen LogP contribution >= 0.6 is 35.6 Å². The quantitative estimate of drug-likeness (QED) is 0.575. The van der Waals surface area contributed by atoms with E-state index in [0.717, 1.165) is 27.9 Å². The number of allylic oxidation sites excluding steroid dienone is 2. The predicted molar refractivity (Wildman–Crippen MR) is 114 cm³/mol. The first kappa shape index (κ1) is 19.4. The van der Waals surface area contributed by atoms with Crippen LogP contribution in [0.15, 0.2) is 71.2 Å². The van der Waals surface area contributed by atoms with Crippen molar-refractivity contribution >= 4 is 57.8 Å². The summed E-state index contributed by atoms with van der Waals surface area (Å²) < 4.78 is 0.263. The number of hydrogen-bond acceptors (Lipinski definition) is 4. The van der Waals surface area contributed by atoms with Crippen LogP contribution in [0.5, 0.6) is 0 Å². The van der Waals surface area contributed by atoms with Gasteiger partial charge in [-0.05, 0) is 48.5 Å². The molecule has 0 aromatic heterocycles. The molecule has 0 spiro atoms. The standard InChI is InChI=1S/C20H15ClN2O2S2/c1-13(11-14-7-3-2-4-8-14)12-17-19(25)23(20(26)27-17)22-18(24)15-9-5-6-10-16(15)21/h2-12H,1H3,(H,22,24)/b13-11+,17-12-. The Hall–Kier alpha value is -2.41. The third-order valence-electron chi connectivity index (χ3n) is 3.68. The fourth-order valence-electron chi connectivity index (χ4n) is 2.43. The highest BCUT2D eigenvalue weighted by atomic mass is 35.5. The van der Waals surface area contributed by atoms with E-state index < -0.39 is 5.91 Å².